The van der Waals surface area contributed by atoms with Crippen molar-refractivity contribution in [2.75, 3.05) is 6.61 Å². The van der Waals surface area contributed by atoms with E-state index in [4.69, 9.17) is 4.74 Å². The lowest BCUT2D eigenvalue weighted by Crippen LogP contribution is -2.23. The third-order valence-corrected chi connectivity index (χ3v) is 3.17. The molecule has 2 aromatic heterocycles. The largest absolute Gasteiger partial charge is 0.389 e. The third-order valence-electron chi connectivity index (χ3n) is 3.17. The van der Waals surface area contributed by atoms with E-state index in [0.717, 1.165) is 11.1 Å². The summed E-state index contributed by atoms with van der Waals surface area (Å²) in [6.45, 7) is 0.893. The molecule has 0 saturated heterocycles. The molecule has 0 aliphatic carbocycles. The molecule has 3 rings (SSSR count). The fourth-order valence-electron chi connectivity index (χ4n) is 2.06. The molecule has 1 atom stereocenters. The lowest BCUT2D eigenvalue weighted by molar-refractivity contribution is 0.0165. The van der Waals surface area contributed by atoms with Gasteiger partial charge in [0.2, 0.25) is 5.82 Å². The van der Waals surface area contributed by atoms with Gasteiger partial charge in [-0.2, -0.15) is 4.80 Å². The van der Waals surface area contributed by atoms with E-state index in [1.54, 1.807) is 12.4 Å². The molecule has 0 aliphatic heterocycles. The Kier molecular flexibility index (Phi) is 5.02. The minimum absolute atomic E-state index is 0.207. The van der Waals surface area contributed by atoms with Crippen LogP contribution in [-0.2, 0) is 17.9 Å². The maximum absolute atomic E-state index is 9.99. The molecule has 2 heterocycles. The van der Waals surface area contributed by atoms with Gasteiger partial charge in [0.15, 0.2) is 0 Å². The minimum Gasteiger partial charge on any atom is -0.389 e. The van der Waals surface area contributed by atoms with Gasteiger partial charge in [0.25, 0.3) is 0 Å². The van der Waals surface area contributed by atoms with Crippen LogP contribution in [0.5, 0.6) is 0 Å². The van der Waals surface area contributed by atoms with Crippen molar-refractivity contribution in [1.82, 2.24) is 25.2 Å². The number of aliphatic hydroxyl groups excluding tert-OH is 1. The van der Waals surface area contributed by atoms with Crippen LogP contribution in [0.3, 0.4) is 0 Å². The van der Waals surface area contributed by atoms with Gasteiger partial charge >= 0.3 is 0 Å². The van der Waals surface area contributed by atoms with Crippen LogP contribution in [0.15, 0.2) is 54.9 Å². The first kappa shape index (κ1) is 15.3. The molecule has 1 aromatic carbocycles. The molecule has 0 fully saturated rings. The second-order valence-electron chi connectivity index (χ2n) is 5.06. The molecule has 1 unspecified atom stereocenters. The van der Waals surface area contributed by atoms with Crippen LogP contribution in [0.2, 0.25) is 0 Å². The summed E-state index contributed by atoms with van der Waals surface area (Å²) in [5, 5.41) is 22.1. The molecule has 3 aromatic rings. The highest BCUT2D eigenvalue weighted by molar-refractivity contribution is 5.51. The summed E-state index contributed by atoms with van der Waals surface area (Å²) >= 11 is 0. The van der Waals surface area contributed by atoms with Crippen molar-refractivity contribution < 1.29 is 9.84 Å². The third kappa shape index (κ3) is 4.41. The molecular weight excluding hydrogens is 294 g/mol. The van der Waals surface area contributed by atoms with E-state index in [1.807, 2.05) is 42.5 Å². The zero-order valence-corrected chi connectivity index (χ0v) is 12.5. The Hall–Kier alpha value is -2.64. The molecular formula is C16H17N5O2. The standard InChI is InChI=1S/C16H17N5O2/c22-15(12-23-11-13-5-2-1-3-6-13)10-21-19-16(18-20-21)14-7-4-8-17-9-14/h1-9,15,22H,10-12H2. The number of hydrogen-bond donors (Lipinski definition) is 1. The second-order valence-corrected chi connectivity index (χ2v) is 5.06. The van der Waals surface area contributed by atoms with Crippen LogP contribution >= 0.6 is 0 Å². The molecule has 7 nitrogen and oxygen atoms in total. The monoisotopic (exact) mass is 311 g/mol. The quantitative estimate of drug-likeness (QED) is 0.708. The van der Waals surface area contributed by atoms with Gasteiger partial charge < -0.3 is 9.84 Å². The number of nitrogens with zero attached hydrogens (tertiary/aromatic N) is 5. The summed E-state index contributed by atoms with van der Waals surface area (Å²) in [5.74, 6) is 0.482. The van der Waals surface area contributed by atoms with E-state index in [2.05, 4.69) is 20.4 Å². The Morgan fingerprint density at radius 2 is 2.00 bits per heavy atom. The van der Waals surface area contributed by atoms with Gasteiger partial charge in [-0.15, -0.1) is 10.2 Å². The topological polar surface area (TPSA) is 86.0 Å². The van der Waals surface area contributed by atoms with Crippen LogP contribution in [0.1, 0.15) is 5.56 Å². The van der Waals surface area contributed by atoms with E-state index >= 15 is 0 Å². The van der Waals surface area contributed by atoms with E-state index < -0.39 is 6.10 Å². The number of aromatic nitrogens is 5. The molecule has 23 heavy (non-hydrogen) atoms. The predicted octanol–water partition coefficient (Wildman–Crippen LogP) is 1.31. The van der Waals surface area contributed by atoms with Crippen molar-refractivity contribution in [1.29, 1.82) is 0 Å². The van der Waals surface area contributed by atoms with Crippen molar-refractivity contribution in [3.63, 3.8) is 0 Å². The molecule has 0 saturated carbocycles. The summed E-state index contributed by atoms with van der Waals surface area (Å²) in [5.41, 5.74) is 1.85. The highest BCUT2D eigenvalue weighted by Gasteiger charge is 2.10. The Balaban J connectivity index is 1.48. The highest BCUT2D eigenvalue weighted by Crippen LogP contribution is 2.10. The van der Waals surface area contributed by atoms with Crippen molar-refractivity contribution in [2.45, 2.75) is 19.3 Å². The van der Waals surface area contributed by atoms with Crippen LogP contribution in [0.25, 0.3) is 11.4 Å². The molecule has 1 N–H and O–H groups in total. The normalized spacial score (nSPS) is 12.2. The average Bonchev–Trinajstić information content (AvgIpc) is 3.05. The van der Waals surface area contributed by atoms with Crippen molar-refractivity contribution in [2.24, 2.45) is 0 Å². The smallest absolute Gasteiger partial charge is 0.206 e. The fourth-order valence-corrected chi connectivity index (χ4v) is 2.06. The summed E-state index contributed by atoms with van der Waals surface area (Å²) in [6.07, 6.45) is 2.65. The summed E-state index contributed by atoms with van der Waals surface area (Å²) in [6, 6.07) is 13.5. The maximum Gasteiger partial charge on any atom is 0.206 e. The molecule has 0 radical (unpaired) electrons. The van der Waals surface area contributed by atoms with Gasteiger partial charge in [-0.3, -0.25) is 4.98 Å². The van der Waals surface area contributed by atoms with Crippen LogP contribution < -0.4 is 0 Å². The first-order valence-corrected chi connectivity index (χ1v) is 7.29. The van der Waals surface area contributed by atoms with Gasteiger partial charge in [-0.25, -0.2) is 0 Å². The number of hydrogen-bond acceptors (Lipinski definition) is 6. The minimum atomic E-state index is -0.699. The average molecular weight is 311 g/mol. The number of benzene rings is 1. The zero-order chi connectivity index (χ0) is 15.9. The Bertz CT molecular complexity index is 718. The Morgan fingerprint density at radius 3 is 2.78 bits per heavy atom. The summed E-state index contributed by atoms with van der Waals surface area (Å²) < 4.78 is 5.50. The van der Waals surface area contributed by atoms with Gasteiger partial charge in [-0.1, -0.05) is 30.3 Å². The molecule has 0 aliphatic rings. The number of ether oxygens (including phenoxy) is 1. The molecule has 0 amide bonds. The Morgan fingerprint density at radius 1 is 1.13 bits per heavy atom. The van der Waals surface area contributed by atoms with E-state index in [9.17, 15) is 5.11 Å². The number of aliphatic hydroxyl groups is 1. The van der Waals surface area contributed by atoms with E-state index in [-0.39, 0.29) is 13.2 Å². The first-order chi connectivity index (χ1) is 11.3. The van der Waals surface area contributed by atoms with Crippen LogP contribution in [-0.4, -0.2) is 43.0 Å². The van der Waals surface area contributed by atoms with Gasteiger partial charge in [-0.05, 0) is 22.9 Å². The predicted molar refractivity (Wildman–Crippen MR) is 83.2 cm³/mol. The lowest BCUT2D eigenvalue weighted by atomic mass is 10.2. The second kappa shape index (κ2) is 7.57. The first-order valence-electron chi connectivity index (χ1n) is 7.29. The summed E-state index contributed by atoms with van der Waals surface area (Å²) in [7, 11) is 0. The number of pyridine rings is 1. The van der Waals surface area contributed by atoms with E-state index in [1.165, 1.54) is 4.80 Å². The number of rotatable bonds is 7. The van der Waals surface area contributed by atoms with Crippen LogP contribution in [0, 0.1) is 0 Å². The zero-order valence-electron chi connectivity index (χ0n) is 12.5. The van der Waals surface area contributed by atoms with Gasteiger partial charge in [0, 0.05) is 18.0 Å². The SMILES string of the molecule is OC(COCc1ccccc1)Cn1nnc(-c2cccnc2)n1. The van der Waals surface area contributed by atoms with Gasteiger partial charge in [0.05, 0.1) is 25.9 Å². The maximum atomic E-state index is 9.99. The van der Waals surface area contributed by atoms with Crippen molar-refractivity contribution >= 4 is 0 Å². The van der Waals surface area contributed by atoms with Crippen LogP contribution in [0.4, 0.5) is 0 Å². The molecule has 0 bridgehead atoms. The fraction of sp³-hybridized carbons (Fsp3) is 0.250. The number of tetrazole rings is 1. The lowest BCUT2D eigenvalue weighted by Gasteiger charge is -2.10. The van der Waals surface area contributed by atoms with Crippen molar-refractivity contribution in [3.05, 3.63) is 60.4 Å². The summed E-state index contributed by atoms with van der Waals surface area (Å²) in [4.78, 5) is 5.37. The Labute approximate surface area is 133 Å². The van der Waals surface area contributed by atoms with E-state index in [0.29, 0.717) is 12.4 Å². The molecule has 0 spiro atoms. The van der Waals surface area contributed by atoms with Gasteiger partial charge in [0.1, 0.15) is 0 Å². The molecule has 7 heteroatoms. The van der Waals surface area contributed by atoms with Crippen molar-refractivity contribution in [3.8, 4) is 11.4 Å². The molecule has 118 valence electrons. The highest BCUT2D eigenvalue weighted by atomic mass is 16.5.